The van der Waals surface area contributed by atoms with Crippen LogP contribution in [0.1, 0.15) is 5.56 Å². The Hall–Kier alpha value is 0.179. The zero-order chi connectivity index (χ0) is 14.0. The van der Waals surface area contributed by atoms with Gasteiger partial charge in [0.05, 0.1) is 0 Å². The van der Waals surface area contributed by atoms with Crippen LogP contribution in [0.25, 0.3) is 10.8 Å². The van der Waals surface area contributed by atoms with E-state index in [1.54, 1.807) is 3.58 Å². The van der Waals surface area contributed by atoms with Crippen molar-refractivity contribution in [3.63, 3.8) is 0 Å². The van der Waals surface area contributed by atoms with Gasteiger partial charge in [0.2, 0.25) is 0 Å². The van der Waals surface area contributed by atoms with Gasteiger partial charge in [-0.3, -0.25) is 0 Å². The van der Waals surface area contributed by atoms with Gasteiger partial charge in [0, 0.05) is 0 Å². The summed E-state index contributed by atoms with van der Waals surface area (Å²) in [5, 5.41) is 2.77. The van der Waals surface area contributed by atoms with E-state index in [2.05, 4.69) is 110 Å². The van der Waals surface area contributed by atoms with Gasteiger partial charge in [-0.1, -0.05) is 0 Å². The molecule has 3 rings (SSSR count). The van der Waals surface area contributed by atoms with E-state index >= 15 is 0 Å². The van der Waals surface area contributed by atoms with Gasteiger partial charge < -0.3 is 0 Å². The molecule has 0 amide bonds. The Morgan fingerprint density at radius 1 is 0.700 bits per heavy atom. The Kier molecular flexibility index (Phi) is 4.92. The first kappa shape index (κ1) is 15.1. The molecule has 0 unspecified atom stereocenters. The van der Waals surface area contributed by atoms with Gasteiger partial charge in [-0.2, -0.15) is 0 Å². The molecule has 0 aliphatic rings. The van der Waals surface area contributed by atoms with E-state index in [1.165, 1.54) is 20.8 Å². The van der Waals surface area contributed by atoms with Crippen LogP contribution in [0.3, 0.4) is 0 Å². The van der Waals surface area contributed by atoms with Crippen LogP contribution < -0.4 is 3.58 Å². The normalized spacial score (nSPS) is 11.7. The molecule has 0 fully saturated rings. The molecule has 0 bridgehead atoms. The number of rotatable bonds is 3. The molecule has 0 heterocycles. The first-order valence-electron chi connectivity index (χ1n) is 6.57. The first-order chi connectivity index (χ1) is 9.67. The van der Waals surface area contributed by atoms with Crippen molar-refractivity contribution in [3.05, 3.63) is 78.4 Å². The molecule has 0 nitrogen and oxygen atoms in total. The van der Waals surface area contributed by atoms with Gasteiger partial charge in [-0.15, -0.1) is 0 Å². The van der Waals surface area contributed by atoms with E-state index in [4.69, 9.17) is 0 Å². The van der Waals surface area contributed by atoms with Gasteiger partial charge in [-0.05, 0) is 0 Å². The van der Waals surface area contributed by atoms with Crippen LogP contribution in [-0.2, 0) is 4.44 Å². The second-order valence-corrected chi connectivity index (χ2v) is 50.1. The van der Waals surface area contributed by atoms with Gasteiger partial charge in [0.25, 0.3) is 0 Å². The summed E-state index contributed by atoms with van der Waals surface area (Å²) in [4.78, 5) is 0. The molecule has 0 atom stereocenters. The van der Waals surface area contributed by atoms with Crippen LogP contribution in [-0.4, -0.2) is 10.4 Å². The molecule has 0 aliphatic carbocycles. The minimum absolute atomic E-state index is 1.24. The van der Waals surface area contributed by atoms with Crippen molar-refractivity contribution >= 4 is 62.1 Å². The zero-order valence-electron chi connectivity index (χ0n) is 10.9. The molecular weight excluding hydrogens is 577 g/mol. The SMILES string of the molecule is [I][Sn]([I])([CH2]c1cccc2ccccc12)[c]1ccccc1. The predicted molar refractivity (Wildman–Crippen MR) is 108 cm³/mol. The van der Waals surface area contributed by atoms with Crippen LogP contribution in [0.15, 0.2) is 72.8 Å². The summed E-state index contributed by atoms with van der Waals surface area (Å²) in [6.07, 6.45) is 0. The molecule has 3 heteroatoms. The molecule has 0 spiro atoms. The summed E-state index contributed by atoms with van der Waals surface area (Å²) in [6, 6.07) is 26.5. The van der Waals surface area contributed by atoms with Gasteiger partial charge >= 0.3 is 145 Å². The van der Waals surface area contributed by atoms with Crippen LogP contribution in [0, 0.1) is 0 Å². The molecular formula is C17H14I2Sn. The van der Waals surface area contributed by atoms with E-state index in [0.29, 0.717) is 0 Å². The summed E-state index contributed by atoms with van der Waals surface area (Å²) >= 11 is 5.55. The second kappa shape index (κ2) is 6.52. The maximum atomic E-state index is 2.77. The maximum absolute atomic E-state index is 2.77. The molecule has 0 saturated carbocycles. The molecule has 3 aromatic carbocycles. The third kappa shape index (κ3) is 3.32. The number of fused-ring (bicyclic) bond motifs is 1. The third-order valence-electron chi connectivity index (χ3n) is 3.49. The van der Waals surface area contributed by atoms with Crippen molar-refractivity contribution in [1.82, 2.24) is 0 Å². The summed E-state index contributed by atoms with van der Waals surface area (Å²) < 4.78 is 2.82. The Balaban J connectivity index is 2.01. The molecule has 20 heavy (non-hydrogen) atoms. The molecule has 0 N–H and O–H groups in total. The van der Waals surface area contributed by atoms with Crippen molar-refractivity contribution < 1.29 is 0 Å². The topological polar surface area (TPSA) is 0 Å². The standard InChI is InChI=1S/C11H9.C6H5.2HI.Sn/c1-9-5-4-7-10-6-2-3-8-11(9)10;1-2-4-6-5-3-1;;;/h2-8H,1H2;1-5H;2*1H;/q;;;;+2/p-2. The summed E-state index contributed by atoms with van der Waals surface area (Å²) in [6.45, 7) is 0. The summed E-state index contributed by atoms with van der Waals surface area (Å²) in [5.74, 6) is 0. The first-order valence-corrected chi connectivity index (χ1v) is 26.6. The fraction of sp³-hybridized carbons (Fsp3) is 0.0588. The van der Waals surface area contributed by atoms with E-state index < -0.39 is 10.4 Å². The van der Waals surface area contributed by atoms with Gasteiger partial charge in [-0.25, -0.2) is 0 Å². The average Bonchev–Trinajstić information content (AvgIpc) is 2.48. The Bertz CT molecular complexity index is 718. The fourth-order valence-electron chi connectivity index (χ4n) is 2.47. The molecule has 0 aliphatic heterocycles. The molecule has 100 valence electrons. The summed E-state index contributed by atoms with van der Waals surface area (Å²) in [7, 11) is -2.31. The monoisotopic (exact) mass is 592 g/mol. The Morgan fingerprint density at radius 3 is 2.15 bits per heavy atom. The molecule has 3 aromatic rings. The van der Waals surface area contributed by atoms with E-state index in [1.807, 2.05) is 0 Å². The molecule has 0 saturated heterocycles. The van der Waals surface area contributed by atoms with E-state index in [-0.39, 0.29) is 0 Å². The van der Waals surface area contributed by atoms with Crippen molar-refractivity contribution in [3.8, 4) is 0 Å². The van der Waals surface area contributed by atoms with Gasteiger partial charge in [0.1, 0.15) is 0 Å². The quantitative estimate of drug-likeness (QED) is 0.293. The van der Waals surface area contributed by atoms with Crippen LogP contribution in [0.2, 0.25) is 0 Å². The van der Waals surface area contributed by atoms with Crippen molar-refractivity contribution in [2.24, 2.45) is 0 Å². The summed E-state index contributed by atoms with van der Waals surface area (Å²) in [5.41, 5.74) is 1.51. The molecule has 0 aromatic heterocycles. The fourth-order valence-corrected chi connectivity index (χ4v) is 17.6. The molecule has 0 radical (unpaired) electrons. The third-order valence-corrected chi connectivity index (χ3v) is 22.7. The minimum atomic E-state index is -2.31. The number of halogens is 2. The van der Waals surface area contributed by atoms with Gasteiger partial charge in [0.15, 0.2) is 0 Å². The van der Waals surface area contributed by atoms with Crippen LogP contribution in [0.5, 0.6) is 0 Å². The second-order valence-electron chi connectivity index (χ2n) is 4.89. The average molecular weight is 591 g/mol. The Labute approximate surface area is 143 Å². The zero-order valence-corrected chi connectivity index (χ0v) is 18.1. The number of hydrogen-bond donors (Lipinski definition) is 0. The Morgan fingerprint density at radius 2 is 1.35 bits per heavy atom. The van der Waals surface area contributed by atoms with E-state index in [9.17, 15) is 0 Å². The van der Waals surface area contributed by atoms with Crippen LogP contribution in [0.4, 0.5) is 0 Å². The van der Waals surface area contributed by atoms with Crippen molar-refractivity contribution in [2.45, 2.75) is 4.44 Å². The van der Waals surface area contributed by atoms with Crippen molar-refractivity contribution in [1.29, 1.82) is 0 Å². The van der Waals surface area contributed by atoms with E-state index in [0.717, 1.165) is 0 Å². The number of benzene rings is 3. The van der Waals surface area contributed by atoms with Crippen molar-refractivity contribution in [2.75, 3.05) is 0 Å². The number of hydrogen-bond acceptors (Lipinski definition) is 0. The predicted octanol–water partition coefficient (Wildman–Crippen LogP) is 5.14. The van der Waals surface area contributed by atoms with Crippen LogP contribution >= 0.6 is 37.3 Å².